The molecule has 1 heterocycles. The number of H-pyrrole nitrogens is 1. The van der Waals surface area contributed by atoms with Crippen LogP contribution in [0.25, 0.3) is 0 Å². The number of carbonyl (C=O) groups is 2. The first-order valence-electron chi connectivity index (χ1n) is 6.66. The van der Waals surface area contributed by atoms with E-state index in [1.54, 1.807) is 12.1 Å². The molecule has 0 saturated carbocycles. The zero-order chi connectivity index (χ0) is 13.4. The number of nitrogens with zero attached hydrogens (tertiary/aromatic N) is 1. The summed E-state index contributed by atoms with van der Waals surface area (Å²) in [6, 6.07) is 3.31. The van der Waals surface area contributed by atoms with Crippen molar-refractivity contribution >= 4 is 12.2 Å². The van der Waals surface area contributed by atoms with Crippen LogP contribution >= 0.6 is 0 Å². The number of aromatic amines is 1. The van der Waals surface area contributed by atoms with Gasteiger partial charge in [0.15, 0.2) is 6.29 Å². The third kappa shape index (κ3) is 4.02. The van der Waals surface area contributed by atoms with Crippen LogP contribution in [-0.4, -0.2) is 35.2 Å². The minimum absolute atomic E-state index is 0.00926. The Hall–Kier alpha value is -1.58. The van der Waals surface area contributed by atoms with Gasteiger partial charge in [-0.25, -0.2) is 0 Å². The zero-order valence-corrected chi connectivity index (χ0v) is 11.2. The van der Waals surface area contributed by atoms with E-state index < -0.39 is 0 Å². The molecule has 1 rings (SSSR count). The number of hydrogen-bond donors (Lipinski definition) is 1. The van der Waals surface area contributed by atoms with Gasteiger partial charge in [0.05, 0.1) is 5.69 Å². The maximum absolute atomic E-state index is 12.3. The number of aromatic nitrogens is 1. The van der Waals surface area contributed by atoms with Crippen LogP contribution in [0, 0.1) is 0 Å². The lowest BCUT2D eigenvalue weighted by Gasteiger charge is -2.21. The molecule has 1 aromatic rings. The second-order valence-corrected chi connectivity index (χ2v) is 4.44. The van der Waals surface area contributed by atoms with Gasteiger partial charge < -0.3 is 9.88 Å². The van der Waals surface area contributed by atoms with Crippen LogP contribution in [0.15, 0.2) is 12.1 Å². The van der Waals surface area contributed by atoms with Crippen molar-refractivity contribution in [3.8, 4) is 0 Å². The molecule has 0 radical (unpaired) electrons. The summed E-state index contributed by atoms with van der Waals surface area (Å²) >= 11 is 0. The van der Waals surface area contributed by atoms with Crippen LogP contribution in [0.5, 0.6) is 0 Å². The Morgan fingerprint density at radius 2 is 1.83 bits per heavy atom. The van der Waals surface area contributed by atoms with E-state index in [2.05, 4.69) is 18.8 Å². The summed E-state index contributed by atoms with van der Waals surface area (Å²) in [5.74, 6) is -0.00926. The molecule has 0 aromatic carbocycles. The zero-order valence-electron chi connectivity index (χ0n) is 11.2. The quantitative estimate of drug-likeness (QED) is 0.721. The van der Waals surface area contributed by atoms with E-state index in [9.17, 15) is 9.59 Å². The Morgan fingerprint density at radius 1 is 1.22 bits per heavy atom. The predicted molar refractivity (Wildman–Crippen MR) is 71.9 cm³/mol. The SMILES string of the molecule is CCCCN(CCCC)C(=O)c1ccc(C=O)[nH]1. The van der Waals surface area contributed by atoms with Gasteiger partial charge in [0.25, 0.3) is 5.91 Å². The second-order valence-electron chi connectivity index (χ2n) is 4.44. The van der Waals surface area contributed by atoms with Gasteiger partial charge in [-0.05, 0) is 25.0 Å². The molecule has 0 aliphatic rings. The van der Waals surface area contributed by atoms with Crippen molar-refractivity contribution in [2.75, 3.05) is 13.1 Å². The second kappa shape index (κ2) is 7.69. The highest BCUT2D eigenvalue weighted by molar-refractivity contribution is 5.93. The Morgan fingerprint density at radius 3 is 2.28 bits per heavy atom. The first kappa shape index (κ1) is 14.5. The average molecular weight is 250 g/mol. The molecule has 1 amide bonds. The fraction of sp³-hybridized carbons (Fsp3) is 0.571. The van der Waals surface area contributed by atoms with Crippen molar-refractivity contribution in [1.82, 2.24) is 9.88 Å². The summed E-state index contributed by atoms with van der Waals surface area (Å²) in [4.78, 5) is 27.6. The molecule has 0 bridgehead atoms. The molecule has 0 saturated heterocycles. The molecule has 100 valence electrons. The fourth-order valence-electron chi connectivity index (χ4n) is 1.79. The summed E-state index contributed by atoms with van der Waals surface area (Å²) in [7, 11) is 0. The summed E-state index contributed by atoms with van der Waals surface area (Å²) in [5, 5.41) is 0. The smallest absolute Gasteiger partial charge is 0.270 e. The largest absolute Gasteiger partial charge is 0.348 e. The average Bonchev–Trinajstić information content (AvgIpc) is 2.87. The monoisotopic (exact) mass is 250 g/mol. The molecule has 18 heavy (non-hydrogen) atoms. The molecule has 0 spiro atoms. The van der Waals surface area contributed by atoms with Gasteiger partial charge in [-0.15, -0.1) is 0 Å². The van der Waals surface area contributed by atoms with Gasteiger partial charge in [0.2, 0.25) is 0 Å². The highest BCUT2D eigenvalue weighted by Gasteiger charge is 2.16. The number of nitrogens with one attached hydrogen (secondary N) is 1. The molecule has 4 nitrogen and oxygen atoms in total. The van der Waals surface area contributed by atoms with Gasteiger partial charge in [-0.3, -0.25) is 9.59 Å². The van der Waals surface area contributed by atoms with E-state index in [1.165, 1.54) is 0 Å². The van der Waals surface area contributed by atoms with E-state index in [0.29, 0.717) is 11.4 Å². The number of carbonyl (C=O) groups excluding carboxylic acids is 2. The van der Waals surface area contributed by atoms with E-state index in [-0.39, 0.29) is 5.91 Å². The van der Waals surface area contributed by atoms with Gasteiger partial charge in [0.1, 0.15) is 5.69 Å². The topological polar surface area (TPSA) is 53.2 Å². The minimum atomic E-state index is -0.00926. The van der Waals surface area contributed by atoms with E-state index >= 15 is 0 Å². The van der Waals surface area contributed by atoms with Crippen molar-refractivity contribution in [3.05, 3.63) is 23.5 Å². The fourth-order valence-corrected chi connectivity index (χ4v) is 1.79. The molecule has 0 aliphatic carbocycles. The molecule has 0 aliphatic heterocycles. The van der Waals surface area contributed by atoms with Gasteiger partial charge in [-0.1, -0.05) is 26.7 Å². The Labute approximate surface area is 108 Å². The summed E-state index contributed by atoms with van der Waals surface area (Å²) in [6.45, 7) is 5.79. The van der Waals surface area contributed by atoms with Crippen LogP contribution < -0.4 is 0 Å². The van der Waals surface area contributed by atoms with Crippen LogP contribution in [0.3, 0.4) is 0 Å². The third-order valence-electron chi connectivity index (χ3n) is 2.92. The van der Waals surface area contributed by atoms with Crippen LogP contribution in [0.1, 0.15) is 60.5 Å². The first-order valence-corrected chi connectivity index (χ1v) is 6.66. The van der Waals surface area contributed by atoms with Crippen molar-refractivity contribution in [3.63, 3.8) is 0 Å². The number of amides is 1. The number of rotatable bonds is 8. The number of aldehydes is 1. The third-order valence-corrected chi connectivity index (χ3v) is 2.92. The molecular formula is C14H22N2O2. The molecule has 4 heteroatoms. The Balaban J connectivity index is 2.70. The highest BCUT2D eigenvalue weighted by Crippen LogP contribution is 2.07. The first-order chi connectivity index (χ1) is 8.72. The van der Waals surface area contributed by atoms with E-state index in [1.807, 2.05) is 4.90 Å². The van der Waals surface area contributed by atoms with Crippen molar-refractivity contribution in [2.45, 2.75) is 39.5 Å². The highest BCUT2D eigenvalue weighted by atomic mass is 16.2. The van der Waals surface area contributed by atoms with Gasteiger partial charge in [-0.2, -0.15) is 0 Å². The van der Waals surface area contributed by atoms with E-state index in [4.69, 9.17) is 0 Å². The van der Waals surface area contributed by atoms with Crippen LogP contribution in [0.2, 0.25) is 0 Å². The molecule has 0 fully saturated rings. The lowest BCUT2D eigenvalue weighted by Crippen LogP contribution is -2.33. The van der Waals surface area contributed by atoms with Gasteiger partial charge in [0, 0.05) is 13.1 Å². The summed E-state index contributed by atoms with van der Waals surface area (Å²) in [6.07, 6.45) is 4.88. The van der Waals surface area contributed by atoms with Crippen molar-refractivity contribution in [1.29, 1.82) is 0 Å². The molecule has 1 N–H and O–H groups in total. The predicted octanol–water partition coefficient (Wildman–Crippen LogP) is 2.87. The molecular weight excluding hydrogens is 228 g/mol. The standard InChI is InChI=1S/C14H22N2O2/c1-3-5-9-16(10-6-4-2)14(18)13-8-7-12(11-17)15-13/h7-8,11,15H,3-6,9-10H2,1-2H3. The molecule has 0 unspecified atom stereocenters. The lowest BCUT2D eigenvalue weighted by molar-refractivity contribution is 0.0746. The van der Waals surface area contributed by atoms with Crippen molar-refractivity contribution < 1.29 is 9.59 Å². The Kier molecular flexibility index (Phi) is 6.19. The minimum Gasteiger partial charge on any atom is -0.348 e. The van der Waals surface area contributed by atoms with Crippen LogP contribution in [-0.2, 0) is 0 Å². The maximum atomic E-state index is 12.3. The number of unbranched alkanes of at least 4 members (excludes halogenated alkanes) is 2. The maximum Gasteiger partial charge on any atom is 0.270 e. The summed E-state index contributed by atoms with van der Waals surface area (Å²) in [5.41, 5.74) is 0.952. The number of hydrogen-bond acceptors (Lipinski definition) is 2. The van der Waals surface area contributed by atoms with Crippen LogP contribution in [0.4, 0.5) is 0 Å². The molecule has 0 atom stereocenters. The van der Waals surface area contributed by atoms with E-state index in [0.717, 1.165) is 45.1 Å². The van der Waals surface area contributed by atoms with Gasteiger partial charge >= 0.3 is 0 Å². The normalized spacial score (nSPS) is 10.3. The van der Waals surface area contributed by atoms with Crippen molar-refractivity contribution in [2.24, 2.45) is 0 Å². The summed E-state index contributed by atoms with van der Waals surface area (Å²) < 4.78 is 0. The lowest BCUT2D eigenvalue weighted by atomic mass is 10.2. The Bertz CT molecular complexity index is 377. The molecule has 1 aromatic heterocycles.